The second-order valence-corrected chi connectivity index (χ2v) is 6.82. The highest BCUT2D eigenvalue weighted by Crippen LogP contribution is 2.20. The number of aromatic nitrogens is 3. The smallest absolute Gasteiger partial charge is 0.273 e. The van der Waals surface area contributed by atoms with Crippen molar-refractivity contribution in [2.45, 2.75) is 32.2 Å². The van der Waals surface area contributed by atoms with E-state index < -0.39 is 0 Å². The zero-order valence-electron chi connectivity index (χ0n) is 15.6. The summed E-state index contributed by atoms with van der Waals surface area (Å²) >= 11 is 0. The van der Waals surface area contributed by atoms with Gasteiger partial charge in [-0.2, -0.15) is 0 Å². The first-order chi connectivity index (χ1) is 12.7. The van der Waals surface area contributed by atoms with E-state index in [1.54, 1.807) is 0 Å². The fourth-order valence-corrected chi connectivity index (χ4v) is 3.36. The van der Waals surface area contributed by atoms with Crippen LogP contribution in [0.4, 0.5) is 5.69 Å². The standard InChI is InChI=1S/C19H28N6O/c1-15-18(22-23-25(15)17-9-12-20-13-10-17)19(26)21-11-6-14-24(2)16-7-4-3-5-8-16/h3-5,7-8,17,20H,6,9-14H2,1-2H3,(H,21,26). The molecule has 1 fully saturated rings. The molecular weight excluding hydrogens is 328 g/mol. The Morgan fingerprint density at radius 1 is 1.31 bits per heavy atom. The second kappa shape index (κ2) is 8.80. The maximum absolute atomic E-state index is 12.4. The molecule has 2 heterocycles. The van der Waals surface area contributed by atoms with Crippen LogP contribution in [0.1, 0.15) is 41.5 Å². The number of nitrogens with zero attached hydrogens (tertiary/aromatic N) is 4. The van der Waals surface area contributed by atoms with E-state index in [2.05, 4.69) is 45.0 Å². The van der Waals surface area contributed by atoms with Crippen LogP contribution in [0.15, 0.2) is 30.3 Å². The predicted octanol–water partition coefficient (Wildman–Crippen LogP) is 1.77. The first-order valence-corrected chi connectivity index (χ1v) is 9.33. The quantitative estimate of drug-likeness (QED) is 0.740. The van der Waals surface area contributed by atoms with E-state index in [1.807, 2.05) is 29.8 Å². The number of piperidine rings is 1. The molecule has 1 saturated heterocycles. The Bertz CT molecular complexity index is 708. The average molecular weight is 356 g/mol. The number of para-hydroxylation sites is 1. The fraction of sp³-hybridized carbons (Fsp3) is 0.526. The molecule has 0 spiro atoms. The SMILES string of the molecule is Cc1c(C(=O)NCCCN(C)c2ccccc2)nnn1C1CCNCC1. The van der Waals surface area contributed by atoms with Gasteiger partial charge < -0.3 is 15.5 Å². The number of nitrogens with one attached hydrogen (secondary N) is 2. The van der Waals surface area contributed by atoms with Gasteiger partial charge in [-0.3, -0.25) is 4.79 Å². The topological polar surface area (TPSA) is 75.1 Å². The van der Waals surface area contributed by atoms with Gasteiger partial charge >= 0.3 is 0 Å². The molecule has 1 amide bonds. The van der Waals surface area contributed by atoms with E-state index >= 15 is 0 Å². The number of anilines is 1. The van der Waals surface area contributed by atoms with E-state index in [9.17, 15) is 4.79 Å². The van der Waals surface area contributed by atoms with E-state index in [0.29, 0.717) is 18.3 Å². The lowest BCUT2D eigenvalue weighted by Crippen LogP contribution is -2.31. The first kappa shape index (κ1) is 18.4. The van der Waals surface area contributed by atoms with Crippen molar-refractivity contribution in [2.24, 2.45) is 0 Å². The lowest BCUT2D eigenvalue weighted by Gasteiger charge is -2.23. The zero-order chi connectivity index (χ0) is 18.4. The zero-order valence-corrected chi connectivity index (χ0v) is 15.6. The highest BCUT2D eigenvalue weighted by molar-refractivity contribution is 5.93. The van der Waals surface area contributed by atoms with Gasteiger partial charge in [-0.25, -0.2) is 4.68 Å². The number of carbonyl (C=O) groups is 1. The van der Waals surface area contributed by atoms with Crippen LogP contribution in [0, 0.1) is 6.92 Å². The van der Waals surface area contributed by atoms with Gasteiger partial charge in [0.2, 0.25) is 0 Å². The summed E-state index contributed by atoms with van der Waals surface area (Å²) in [4.78, 5) is 14.6. The van der Waals surface area contributed by atoms with Crippen LogP contribution in [0.5, 0.6) is 0 Å². The summed E-state index contributed by atoms with van der Waals surface area (Å²) in [6.07, 6.45) is 2.92. The van der Waals surface area contributed by atoms with Crippen LogP contribution >= 0.6 is 0 Å². The lowest BCUT2D eigenvalue weighted by atomic mass is 10.1. The summed E-state index contributed by atoms with van der Waals surface area (Å²) < 4.78 is 1.92. The molecule has 0 aliphatic carbocycles. The highest BCUT2D eigenvalue weighted by atomic mass is 16.2. The van der Waals surface area contributed by atoms with Gasteiger partial charge in [-0.05, 0) is 51.4 Å². The van der Waals surface area contributed by atoms with Crippen molar-refractivity contribution in [2.75, 3.05) is 38.1 Å². The van der Waals surface area contributed by atoms with Crippen LogP contribution in [0.3, 0.4) is 0 Å². The molecule has 2 aromatic rings. The highest BCUT2D eigenvalue weighted by Gasteiger charge is 2.22. The monoisotopic (exact) mass is 356 g/mol. The van der Waals surface area contributed by atoms with Crippen molar-refractivity contribution in [3.63, 3.8) is 0 Å². The average Bonchev–Trinajstić information content (AvgIpc) is 3.07. The summed E-state index contributed by atoms with van der Waals surface area (Å²) in [5, 5.41) is 14.7. The van der Waals surface area contributed by atoms with Crippen LogP contribution in [-0.2, 0) is 0 Å². The molecule has 7 heteroatoms. The number of hydrogen-bond donors (Lipinski definition) is 2. The third-order valence-electron chi connectivity index (χ3n) is 4.95. The molecule has 0 saturated carbocycles. The van der Waals surface area contributed by atoms with Gasteiger partial charge in [0.1, 0.15) is 0 Å². The van der Waals surface area contributed by atoms with Crippen molar-refractivity contribution in [1.29, 1.82) is 0 Å². The van der Waals surface area contributed by atoms with E-state index in [4.69, 9.17) is 0 Å². The van der Waals surface area contributed by atoms with Gasteiger partial charge in [0.25, 0.3) is 5.91 Å². The summed E-state index contributed by atoms with van der Waals surface area (Å²) in [5.41, 5.74) is 2.48. The number of hydrogen-bond acceptors (Lipinski definition) is 5. The molecule has 0 radical (unpaired) electrons. The van der Waals surface area contributed by atoms with Crippen LogP contribution in [0.25, 0.3) is 0 Å². The minimum absolute atomic E-state index is 0.134. The van der Waals surface area contributed by atoms with Gasteiger partial charge in [0, 0.05) is 25.8 Å². The largest absolute Gasteiger partial charge is 0.375 e. The number of benzene rings is 1. The maximum atomic E-state index is 12.4. The fourth-order valence-electron chi connectivity index (χ4n) is 3.36. The van der Waals surface area contributed by atoms with Crippen LogP contribution in [-0.4, -0.2) is 54.1 Å². The minimum atomic E-state index is -0.134. The Morgan fingerprint density at radius 2 is 2.04 bits per heavy atom. The molecule has 0 unspecified atom stereocenters. The van der Waals surface area contributed by atoms with Crippen molar-refractivity contribution in [3.8, 4) is 0 Å². The molecule has 26 heavy (non-hydrogen) atoms. The molecule has 1 aliphatic heterocycles. The van der Waals surface area contributed by atoms with Gasteiger partial charge in [0.05, 0.1) is 11.7 Å². The maximum Gasteiger partial charge on any atom is 0.273 e. The molecule has 1 aliphatic rings. The predicted molar refractivity (Wildman–Crippen MR) is 103 cm³/mol. The third-order valence-corrected chi connectivity index (χ3v) is 4.95. The van der Waals surface area contributed by atoms with Gasteiger partial charge in [-0.1, -0.05) is 23.4 Å². The molecule has 140 valence electrons. The molecule has 0 atom stereocenters. The Kier molecular flexibility index (Phi) is 6.22. The van der Waals surface area contributed by atoms with Crippen molar-refractivity contribution in [3.05, 3.63) is 41.7 Å². The summed E-state index contributed by atoms with van der Waals surface area (Å²) in [6.45, 7) is 5.40. The summed E-state index contributed by atoms with van der Waals surface area (Å²) in [5.74, 6) is -0.134. The second-order valence-electron chi connectivity index (χ2n) is 6.82. The summed E-state index contributed by atoms with van der Waals surface area (Å²) in [6, 6.07) is 10.6. The Balaban J connectivity index is 1.47. The molecule has 3 rings (SSSR count). The Hall–Kier alpha value is -2.41. The molecule has 1 aromatic carbocycles. The molecule has 0 bridgehead atoms. The van der Waals surface area contributed by atoms with Crippen LogP contribution in [0.2, 0.25) is 0 Å². The lowest BCUT2D eigenvalue weighted by molar-refractivity contribution is 0.0947. The Labute approximate surface area is 154 Å². The Morgan fingerprint density at radius 3 is 2.77 bits per heavy atom. The van der Waals surface area contributed by atoms with E-state index in [1.165, 1.54) is 5.69 Å². The van der Waals surface area contributed by atoms with Crippen molar-refractivity contribution < 1.29 is 4.79 Å². The molecule has 2 N–H and O–H groups in total. The molecular formula is C19H28N6O. The van der Waals surface area contributed by atoms with Gasteiger partial charge in [0.15, 0.2) is 5.69 Å². The number of amides is 1. The van der Waals surface area contributed by atoms with Crippen molar-refractivity contribution in [1.82, 2.24) is 25.6 Å². The first-order valence-electron chi connectivity index (χ1n) is 9.33. The van der Waals surface area contributed by atoms with E-state index in [-0.39, 0.29) is 5.91 Å². The molecule has 1 aromatic heterocycles. The van der Waals surface area contributed by atoms with Gasteiger partial charge in [-0.15, -0.1) is 5.10 Å². The van der Waals surface area contributed by atoms with Crippen molar-refractivity contribution >= 4 is 11.6 Å². The third kappa shape index (κ3) is 4.40. The van der Waals surface area contributed by atoms with Crippen LogP contribution < -0.4 is 15.5 Å². The molecule has 7 nitrogen and oxygen atoms in total. The minimum Gasteiger partial charge on any atom is -0.375 e. The number of rotatable bonds is 7. The van der Waals surface area contributed by atoms with E-state index in [0.717, 1.165) is 44.6 Å². The normalized spacial score (nSPS) is 15.0. The summed E-state index contributed by atoms with van der Waals surface area (Å²) in [7, 11) is 2.06. The number of carbonyl (C=O) groups excluding carboxylic acids is 1.